The topological polar surface area (TPSA) is 90.6 Å². The third kappa shape index (κ3) is 6.13. The van der Waals surface area contributed by atoms with E-state index in [-0.39, 0.29) is 11.7 Å². The van der Waals surface area contributed by atoms with E-state index in [0.29, 0.717) is 16.7 Å². The van der Waals surface area contributed by atoms with Crippen LogP contribution in [0.1, 0.15) is 12.5 Å². The second-order valence-corrected chi connectivity index (χ2v) is 9.45. The van der Waals surface area contributed by atoms with Gasteiger partial charge in [0, 0.05) is 15.7 Å². The third-order valence-electron chi connectivity index (χ3n) is 5.25. The molecule has 3 aromatic carbocycles. The zero-order valence-corrected chi connectivity index (χ0v) is 22.3. The number of halogens is 1. The van der Waals surface area contributed by atoms with Crippen LogP contribution >= 0.6 is 27.7 Å². The van der Waals surface area contributed by atoms with Crippen molar-refractivity contribution in [1.82, 2.24) is 20.2 Å². The van der Waals surface area contributed by atoms with Crippen molar-refractivity contribution >= 4 is 39.3 Å². The molecule has 0 radical (unpaired) electrons. The van der Waals surface area contributed by atoms with Crippen LogP contribution in [-0.2, 0) is 4.79 Å². The summed E-state index contributed by atoms with van der Waals surface area (Å²) in [5.74, 6) is 2.01. The molecule has 4 rings (SSSR count). The number of benzene rings is 3. The molecule has 0 spiro atoms. The minimum atomic E-state index is -0.244. The third-order valence-corrected chi connectivity index (χ3v) is 6.71. The standard InChI is InChI=1S/C26H24BrN5O3S/c1-17(18-4-8-20(27)9-5-18)28-29-24(33)16-36-26-31-30-25(19-6-12-22(34-2)13-7-19)32(26)21-10-14-23(35-3)15-11-21/h4-15H,16H2,1-3H3,(H,29,33). The molecule has 0 saturated carbocycles. The van der Waals surface area contributed by atoms with Crippen LogP contribution in [0.5, 0.6) is 11.5 Å². The van der Waals surface area contributed by atoms with Gasteiger partial charge < -0.3 is 9.47 Å². The maximum atomic E-state index is 12.6. The molecule has 0 aliphatic carbocycles. The van der Waals surface area contributed by atoms with Crippen molar-refractivity contribution in [1.29, 1.82) is 0 Å². The van der Waals surface area contributed by atoms with E-state index in [1.54, 1.807) is 14.2 Å². The van der Waals surface area contributed by atoms with Gasteiger partial charge in [0.25, 0.3) is 5.91 Å². The van der Waals surface area contributed by atoms with E-state index in [0.717, 1.165) is 32.8 Å². The lowest BCUT2D eigenvalue weighted by Gasteiger charge is -2.11. The highest BCUT2D eigenvalue weighted by Crippen LogP contribution is 2.29. The summed E-state index contributed by atoms with van der Waals surface area (Å²) in [5.41, 5.74) is 5.97. The van der Waals surface area contributed by atoms with E-state index in [1.165, 1.54) is 11.8 Å². The molecule has 8 nitrogen and oxygen atoms in total. The van der Waals surface area contributed by atoms with Gasteiger partial charge in [-0.15, -0.1) is 10.2 Å². The zero-order chi connectivity index (χ0) is 25.5. The van der Waals surface area contributed by atoms with Gasteiger partial charge in [0.1, 0.15) is 11.5 Å². The van der Waals surface area contributed by atoms with Crippen LogP contribution in [0.15, 0.2) is 87.5 Å². The largest absolute Gasteiger partial charge is 0.497 e. The first kappa shape index (κ1) is 25.5. The first-order chi connectivity index (χ1) is 17.5. The fraction of sp³-hybridized carbons (Fsp3) is 0.154. The van der Waals surface area contributed by atoms with Crippen LogP contribution in [-0.4, -0.2) is 46.4 Å². The van der Waals surface area contributed by atoms with Gasteiger partial charge in [0.2, 0.25) is 0 Å². The average Bonchev–Trinajstić information content (AvgIpc) is 3.35. The Bertz CT molecular complexity index is 1350. The number of rotatable bonds is 9. The summed E-state index contributed by atoms with van der Waals surface area (Å²) in [5, 5.41) is 13.6. The van der Waals surface area contributed by atoms with Crippen molar-refractivity contribution < 1.29 is 14.3 Å². The highest BCUT2D eigenvalue weighted by molar-refractivity contribution is 9.10. The Morgan fingerprint density at radius 1 is 0.944 bits per heavy atom. The number of amides is 1. The van der Waals surface area contributed by atoms with E-state index in [9.17, 15) is 4.79 Å². The van der Waals surface area contributed by atoms with Crippen molar-refractivity contribution in [2.24, 2.45) is 5.10 Å². The van der Waals surface area contributed by atoms with Crippen molar-refractivity contribution in [2.45, 2.75) is 12.1 Å². The monoisotopic (exact) mass is 565 g/mol. The summed E-state index contributed by atoms with van der Waals surface area (Å²) in [6, 6.07) is 22.9. The molecule has 0 atom stereocenters. The van der Waals surface area contributed by atoms with Crippen LogP contribution in [0.3, 0.4) is 0 Å². The Morgan fingerprint density at radius 3 is 2.17 bits per heavy atom. The van der Waals surface area contributed by atoms with Gasteiger partial charge in [-0.05, 0) is 73.2 Å². The molecule has 1 amide bonds. The lowest BCUT2D eigenvalue weighted by atomic mass is 10.1. The Kier molecular flexibility index (Phi) is 8.40. The number of aromatic nitrogens is 3. The molecule has 1 aromatic heterocycles. The molecule has 0 aliphatic rings. The Hall–Kier alpha value is -3.63. The smallest absolute Gasteiger partial charge is 0.250 e. The molecule has 1 heterocycles. The highest BCUT2D eigenvalue weighted by atomic mass is 79.9. The molecule has 0 saturated heterocycles. The van der Waals surface area contributed by atoms with Crippen molar-refractivity contribution in [2.75, 3.05) is 20.0 Å². The number of hydrogen-bond donors (Lipinski definition) is 1. The average molecular weight is 566 g/mol. The highest BCUT2D eigenvalue weighted by Gasteiger charge is 2.17. The summed E-state index contributed by atoms with van der Waals surface area (Å²) >= 11 is 4.69. The van der Waals surface area contributed by atoms with E-state index >= 15 is 0 Å². The van der Waals surface area contributed by atoms with Gasteiger partial charge in [-0.2, -0.15) is 5.10 Å². The molecular formula is C26H24BrN5O3S. The van der Waals surface area contributed by atoms with Crippen LogP contribution in [0.2, 0.25) is 0 Å². The first-order valence-electron chi connectivity index (χ1n) is 10.9. The van der Waals surface area contributed by atoms with E-state index in [4.69, 9.17) is 9.47 Å². The van der Waals surface area contributed by atoms with E-state index in [1.807, 2.05) is 84.3 Å². The summed E-state index contributed by atoms with van der Waals surface area (Å²) in [7, 11) is 3.25. The number of nitrogens with zero attached hydrogens (tertiary/aromatic N) is 4. The van der Waals surface area contributed by atoms with Crippen LogP contribution in [0.25, 0.3) is 17.1 Å². The summed E-state index contributed by atoms with van der Waals surface area (Å²) in [4.78, 5) is 12.6. The minimum Gasteiger partial charge on any atom is -0.497 e. The predicted octanol–water partition coefficient (Wildman–Crippen LogP) is 5.35. The van der Waals surface area contributed by atoms with Crippen molar-refractivity contribution in [3.63, 3.8) is 0 Å². The minimum absolute atomic E-state index is 0.119. The fourth-order valence-corrected chi connectivity index (χ4v) is 4.33. The molecule has 0 bridgehead atoms. The Morgan fingerprint density at radius 2 is 1.56 bits per heavy atom. The number of carbonyl (C=O) groups excluding carboxylic acids is 1. The quantitative estimate of drug-likeness (QED) is 0.167. The van der Waals surface area contributed by atoms with Gasteiger partial charge in [0.05, 0.1) is 25.7 Å². The molecule has 0 unspecified atom stereocenters. The van der Waals surface area contributed by atoms with Gasteiger partial charge in [0.15, 0.2) is 11.0 Å². The molecule has 0 aliphatic heterocycles. The van der Waals surface area contributed by atoms with E-state index in [2.05, 4.69) is 36.7 Å². The van der Waals surface area contributed by atoms with Crippen molar-refractivity contribution in [3.8, 4) is 28.6 Å². The van der Waals surface area contributed by atoms with Crippen LogP contribution in [0.4, 0.5) is 0 Å². The first-order valence-corrected chi connectivity index (χ1v) is 12.7. The molecule has 4 aromatic rings. The molecule has 1 N–H and O–H groups in total. The molecule has 0 fully saturated rings. The second kappa shape index (κ2) is 11.9. The fourth-order valence-electron chi connectivity index (χ4n) is 3.32. The van der Waals surface area contributed by atoms with Crippen LogP contribution < -0.4 is 14.9 Å². The maximum Gasteiger partial charge on any atom is 0.250 e. The molecule has 10 heteroatoms. The normalized spacial score (nSPS) is 11.3. The summed E-state index contributed by atoms with van der Waals surface area (Å²) in [6.07, 6.45) is 0. The Labute approximate surface area is 221 Å². The lowest BCUT2D eigenvalue weighted by molar-refractivity contribution is -0.118. The number of nitrogens with one attached hydrogen (secondary N) is 1. The number of ether oxygens (including phenoxy) is 2. The Balaban J connectivity index is 1.54. The van der Waals surface area contributed by atoms with Gasteiger partial charge >= 0.3 is 0 Å². The second-order valence-electron chi connectivity index (χ2n) is 7.60. The number of hydrazone groups is 1. The SMILES string of the molecule is COc1ccc(-c2nnc(SCC(=O)NN=C(C)c3ccc(Br)cc3)n2-c2ccc(OC)cc2)cc1. The summed E-state index contributed by atoms with van der Waals surface area (Å²) in [6.45, 7) is 1.85. The maximum absolute atomic E-state index is 12.6. The van der Waals surface area contributed by atoms with Crippen LogP contribution in [0, 0.1) is 0 Å². The zero-order valence-electron chi connectivity index (χ0n) is 19.9. The van der Waals surface area contributed by atoms with Gasteiger partial charge in [-0.25, -0.2) is 5.43 Å². The molecule has 184 valence electrons. The van der Waals surface area contributed by atoms with E-state index < -0.39 is 0 Å². The lowest BCUT2D eigenvalue weighted by Crippen LogP contribution is -2.21. The van der Waals surface area contributed by atoms with Gasteiger partial charge in [-0.3, -0.25) is 9.36 Å². The van der Waals surface area contributed by atoms with Gasteiger partial charge in [-0.1, -0.05) is 39.8 Å². The molecule has 36 heavy (non-hydrogen) atoms. The van der Waals surface area contributed by atoms with Crippen molar-refractivity contribution in [3.05, 3.63) is 82.8 Å². The number of thioether (sulfide) groups is 1. The number of carbonyl (C=O) groups is 1. The molecular weight excluding hydrogens is 542 g/mol. The predicted molar refractivity (Wildman–Crippen MR) is 145 cm³/mol. The number of methoxy groups -OCH3 is 2. The summed E-state index contributed by atoms with van der Waals surface area (Å²) < 4.78 is 13.5. The number of hydrogen-bond acceptors (Lipinski definition) is 7.